The SMILES string of the molecule is CN(C)CCOCCNC(=O)NC(CC(N)=O)C(=O)O. The van der Waals surface area contributed by atoms with Crippen LogP contribution in [-0.4, -0.2) is 74.4 Å². The summed E-state index contributed by atoms with van der Waals surface area (Å²) in [4.78, 5) is 34.8. The Bertz CT molecular complexity index is 335. The Morgan fingerprint density at radius 3 is 2.45 bits per heavy atom. The maximum Gasteiger partial charge on any atom is 0.326 e. The van der Waals surface area contributed by atoms with Crippen LogP contribution in [0, 0.1) is 0 Å². The Labute approximate surface area is 117 Å². The number of carboxylic acids is 1. The van der Waals surface area contributed by atoms with E-state index in [9.17, 15) is 14.4 Å². The zero-order valence-electron chi connectivity index (χ0n) is 11.7. The summed E-state index contributed by atoms with van der Waals surface area (Å²) >= 11 is 0. The Morgan fingerprint density at radius 1 is 1.30 bits per heavy atom. The standard InChI is InChI=1S/C11H22N4O5/c1-15(2)4-6-20-5-3-13-11(19)14-8(10(17)18)7-9(12)16/h8H,3-7H2,1-2H3,(H2,12,16)(H,17,18)(H2,13,14,19). The molecule has 9 nitrogen and oxygen atoms in total. The van der Waals surface area contributed by atoms with Crippen LogP contribution in [0.15, 0.2) is 0 Å². The van der Waals surface area contributed by atoms with Gasteiger partial charge in [0.2, 0.25) is 5.91 Å². The summed E-state index contributed by atoms with van der Waals surface area (Å²) < 4.78 is 5.24. The summed E-state index contributed by atoms with van der Waals surface area (Å²) in [5.41, 5.74) is 4.89. The van der Waals surface area contributed by atoms with E-state index < -0.39 is 30.4 Å². The lowest BCUT2D eigenvalue weighted by Crippen LogP contribution is -2.48. The van der Waals surface area contributed by atoms with Gasteiger partial charge in [-0.15, -0.1) is 0 Å². The molecule has 20 heavy (non-hydrogen) atoms. The van der Waals surface area contributed by atoms with Gasteiger partial charge < -0.3 is 31.1 Å². The molecule has 0 bridgehead atoms. The average Bonchev–Trinajstić information content (AvgIpc) is 2.31. The fourth-order valence-corrected chi connectivity index (χ4v) is 1.20. The number of aliphatic carboxylic acids is 1. The fourth-order valence-electron chi connectivity index (χ4n) is 1.20. The molecule has 0 spiro atoms. The molecule has 0 aromatic rings. The number of primary amides is 1. The number of hydrogen-bond acceptors (Lipinski definition) is 5. The number of carbonyl (C=O) groups is 3. The van der Waals surface area contributed by atoms with Crippen LogP contribution in [0.1, 0.15) is 6.42 Å². The Balaban J connectivity index is 3.80. The summed E-state index contributed by atoms with van der Waals surface area (Å²) in [7, 11) is 3.83. The number of carboxylic acid groups (broad SMARTS) is 1. The van der Waals surface area contributed by atoms with Crippen molar-refractivity contribution in [2.45, 2.75) is 12.5 Å². The average molecular weight is 290 g/mol. The molecule has 3 amide bonds. The number of hydrogen-bond donors (Lipinski definition) is 4. The molecule has 0 saturated carbocycles. The lowest BCUT2D eigenvalue weighted by molar-refractivity contribution is -0.140. The van der Waals surface area contributed by atoms with Gasteiger partial charge in [0, 0.05) is 13.1 Å². The number of carbonyl (C=O) groups excluding carboxylic acids is 2. The van der Waals surface area contributed by atoms with Crippen LogP contribution < -0.4 is 16.4 Å². The smallest absolute Gasteiger partial charge is 0.326 e. The van der Waals surface area contributed by atoms with Crippen molar-refractivity contribution >= 4 is 17.9 Å². The Hall–Kier alpha value is -1.87. The van der Waals surface area contributed by atoms with Gasteiger partial charge >= 0.3 is 12.0 Å². The normalized spacial score (nSPS) is 11.9. The predicted octanol–water partition coefficient (Wildman–Crippen LogP) is -1.81. The summed E-state index contributed by atoms with van der Waals surface area (Å²) in [6.45, 7) is 1.86. The number of urea groups is 1. The quantitative estimate of drug-likeness (QED) is 0.350. The molecule has 5 N–H and O–H groups in total. The fraction of sp³-hybridized carbons (Fsp3) is 0.727. The molecule has 1 atom stereocenters. The Morgan fingerprint density at radius 2 is 1.95 bits per heavy atom. The molecule has 0 heterocycles. The second-order valence-corrected chi connectivity index (χ2v) is 4.38. The van der Waals surface area contributed by atoms with E-state index in [1.165, 1.54) is 0 Å². The number of likely N-dealkylation sites (N-methyl/N-ethyl adjacent to an activating group) is 1. The molecule has 9 heteroatoms. The highest BCUT2D eigenvalue weighted by molar-refractivity contribution is 5.87. The van der Waals surface area contributed by atoms with Crippen molar-refractivity contribution in [1.82, 2.24) is 15.5 Å². The lowest BCUT2D eigenvalue weighted by atomic mass is 10.2. The van der Waals surface area contributed by atoms with Gasteiger partial charge in [-0.1, -0.05) is 0 Å². The van der Waals surface area contributed by atoms with E-state index in [-0.39, 0.29) is 6.54 Å². The van der Waals surface area contributed by atoms with Gasteiger partial charge in [-0.25, -0.2) is 9.59 Å². The van der Waals surface area contributed by atoms with Gasteiger partial charge in [0.15, 0.2) is 0 Å². The minimum atomic E-state index is -1.33. The van der Waals surface area contributed by atoms with Crippen molar-refractivity contribution in [3.63, 3.8) is 0 Å². The zero-order valence-corrected chi connectivity index (χ0v) is 11.7. The van der Waals surface area contributed by atoms with Gasteiger partial charge in [0.25, 0.3) is 0 Å². The first-order valence-electron chi connectivity index (χ1n) is 6.11. The van der Waals surface area contributed by atoms with Crippen LogP contribution in [0.3, 0.4) is 0 Å². The zero-order chi connectivity index (χ0) is 15.5. The number of rotatable bonds is 10. The first-order chi connectivity index (χ1) is 9.32. The maximum absolute atomic E-state index is 11.4. The van der Waals surface area contributed by atoms with Gasteiger partial charge in [-0.2, -0.15) is 0 Å². The maximum atomic E-state index is 11.4. The summed E-state index contributed by atoms with van der Waals surface area (Å²) in [6.07, 6.45) is -0.456. The molecule has 0 aliphatic carbocycles. The van der Waals surface area contributed by atoms with Gasteiger partial charge in [0.1, 0.15) is 6.04 Å². The van der Waals surface area contributed by atoms with E-state index in [0.29, 0.717) is 13.2 Å². The van der Waals surface area contributed by atoms with E-state index in [0.717, 1.165) is 6.54 Å². The lowest BCUT2D eigenvalue weighted by Gasteiger charge is -2.14. The van der Waals surface area contributed by atoms with Gasteiger partial charge in [-0.3, -0.25) is 4.79 Å². The van der Waals surface area contributed by atoms with Crippen molar-refractivity contribution < 1.29 is 24.2 Å². The number of nitrogens with zero attached hydrogens (tertiary/aromatic N) is 1. The molecular formula is C11H22N4O5. The first-order valence-corrected chi connectivity index (χ1v) is 6.11. The third kappa shape index (κ3) is 10.1. The van der Waals surface area contributed by atoms with E-state index in [1.54, 1.807) is 0 Å². The molecular weight excluding hydrogens is 268 g/mol. The minimum Gasteiger partial charge on any atom is -0.480 e. The number of nitrogens with two attached hydrogens (primary N) is 1. The topological polar surface area (TPSA) is 134 Å². The molecule has 0 radical (unpaired) electrons. The van der Waals surface area contributed by atoms with Crippen molar-refractivity contribution in [2.75, 3.05) is 40.4 Å². The van der Waals surface area contributed by atoms with Crippen LogP contribution in [0.4, 0.5) is 4.79 Å². The summed E-state index contributed by atoms with van der Waals surface area (Å²) in [5.74, 6) is -2.12. The highest BCUT2D eigenvalue weighted by atomic mass is 16.5. The minimum absolute atomic E-state index is 0.238. The number of nitrogens with one attached hydrogen (secondary N) is 2. The molecule has 0 aromatic heterocycles. The van der Waals surface area contributed by atoms with Crippen molar-refractivity contribution in [1.29, 1.82) is 0 Å². The molecule has 0 saturated heterocycles. The van der Waals surface area contributed by atoms with Crippen LogP contribution in [0.25, 0.3) is 0 Å². The third-order valence-electron chi connectivity index (χ3n) is 2.22. The summed E-state index contributed by atoms with van der Waals surface area (Å²) in [6, 6.07) is -2.02. The number of ether oxygens (including phenoxy) is 1. The molecule has 0 aliphatic rings. The molecule has 0 fully saturated rings. The Kier molecular flexibility index (Phi) is 9.05. The van der Waals surface area contributed by atoms with Crippen molar-refractivity contribution in [3.8, 4) is 0 Å². The highest BCUT2D eigenvalue weighted by Crippen LogP contribution is 1.91. The molecule has 0 rings (SSSR count). The predicted molar refractivity (Wildman–Crippen MR) is 71.1 cm³/mol. The number of amides is 3. The monoisotopic (exact) mass is 290 g/mol. The van der Waals surface area contributed by atoms with E-state index in [2.05, 4.69) is 10.6 Å². The van der Waals surface area contributed by atoms with Crippen LogP contribution >= 0.6 is 0 Å². The highest BCUT2D eigenvalue weighted by Gasteiger charge is 2.21. The molecule has 116 valence electrons. The van der Waals surface area contributed by atoms with Crippen molar-refractivity contribution in [2.24, 2.45) is 5.73 Å². The second kappa shape index (κ2) is 9.98. The first kappa shape index (κ1) is 18.1. The summed E-state index contributed by atoms with van der Waals surface area (Å²) in [5, 5.41) is 13.4. The molecule has 1 unspecified atom stereocenters. The molecule has 0 aromatic carbocycles. The second-order valence-electron chi connectivity index (χ2n) is 4.38. The van der Waals surface area contributed by atoms with Gasteiger partial charge in [-0.05, 0) is 14.1 Å². The van der Waals surface area contributed by atoms with E-state index >= 15 is 0 Å². The largest absolute Gasteiger partial charge is 0.480 e. The van der Waals surface area contributed by atoms with Crippen LogP contribution in [0.2, 0.25) is 0 Å². The van der Waals surface area contributed by atoms with E-state index in [1.807, 2.05) is 19.0 Å². The van der Waals surface area contributed by atoms with E-state index in [4.69, 9.17) is 15.6 Å². The van der Waals surface area contributed by atoms with Crippen LogP contribution in [-0.2, 0) is 14.3 Å². The van der Waals surface area contributed by atoms with Crippen molar-refractivity contribution in [3.05, 3.63) is 0 Å². The van der Waals surface area contributed by atoms with Crippen LogP contribution in [0.5, 0.6) is 0 Å². The third-order valence-corrected chi connectivity index (χ3v) is 2.22. The molecule has 0 aliphatic heterocycles. The van der Waals surface area contributed by atoms with Gasteiger partial charge in [0.05, 0.1) is 19.6 Å².